The molecule has 1 aromatic carbocycles. The van der Waals surface area contributed by atoms with Crippen LogP contribution in [0.4, 0.5) is 26.3 Å². The molecule has 1 saturated heterocycles. The summed E-state index contributed by atoms with van der Waals surface area (Å²) in [4.78, 5) is 15.9. The summed E-state index contributed by atoms with van der Waals surface area (Å²) in [6, 6.07) is 4.47. The first-order valence-electron chi connectivity index (χ1n) is 7.85. The Morgan fingerprint density at radius 2 is 1.63 bits per heavy atom. The second kappa shape index (κ2) is 6.86. The molecule has 1 fully saturated rings. The maximum absolute atomic E-state index is 12.7. The number of alkyl halides is 6. The minimum atomic E-state index is -4.78. The Hall–Kier alpha value is -2.59. The van der Waals surface area contributed by atoms with Gasteiger partial charge >= 0.3 is 18.2 Å². The highest BCUT2D eigenvalue weighted by molar-refractivity contribution is 5.48. The van der Waals surface area contributed by atoms with E-state index in [0.717, 1.165) is 12.1 Å². The van der Waals surface area contributed by atoms with Crippen LogP contribution >= 0.6 is 0 Å². The SMILES string of the molecule is O=CN1CC(c2ccc(C(F)(F)F)cc2)CC(c2noc(C(F)(F)F)n2)C1. The topological polar surface area (TPSA) is 59.2 Å². The highest BCUT2D eigenvalue weighted by atomic mass is 19.4. The molecular weight excluding hydrogens is 380 g/mol. The number of piperidine rings is 1. The summed E-state index contributed by atoms with van der Waals surface area (Å²) in [6.07, 6.45) is -8.45. The predicted octanol–water partition coefficient (Wildman–Crippen LogP) is 3.84. The lowest BCUT2D eigenvalue weighted by molar-refractivity contribution is -0.159. The largest absolute Gasteiger partial charge is 0.471 e. The van der Waals surface area contributed by atoms with Gasteiger partial charge in [0.2, 0.25) is 6.41 Å². The van der Waals surface area contributed by atoms with Crippen LogP contribution in [0, 0.1) is 0 Å². The minimum Gasteiger partial charge on any atom is -0.344 e. The third kappa shape index (κ3) is 4.22. The van der Waals surface area contributed by atoms with E-state index in [-0.39, 0.29) is 31.3 Å². The molecule has 3 rings (SSSR count). The number of carbonyl (C=O) groups excluding carboxylic acids is 1. The van der Waals surface area contributed by atoms with Crippen LogP contribution in [0.15, 0.2) is 28.8 Å². The van der Waals surface area contributed by atoms with Gasteiger partial charge in [0, 0.05) is 24.9 Å². The van der Waals surface area contributed by atoms with Gasteiger partial charge in [-0.15, -0.1) is 0 Å². The van der Waals surface area contributed by atoms with Crippen molar-refractivity contribution >= 4 is 6.41 Å². The van der Waals surface area contributed by atoms with E-state index in [2.05, 4.69) is 14.7 Å². The molecule has 1 amide bonds. The van der Waals surface area contributed by atoms with Crippen molar-refractivity contribution in [2.75, 3.05) is 13.1 Å². The molecule has 0 N–H and O–H groups in total. The van der Waals surface area contributed by atoms with Gasteiger partial charge in [-0.2, -0.15) is 31.3 Å². The van der Waals surface area contributed by atoms with Gasteiger partial charge < -0.3 is 9.42 Å². The van der Waals surface area contributed by atoms with E-state index in [1.807, 2.05) is 0 Å². The molecule has 27 heavy (non-hydrogen) atoms. The molecular formula is C16H13F6N3O2. The van der Waals surface area contributed by atoms with E-state index in [9.17, 15) is 31.1 Å². The van der Waals surface area contributed by atoms with Gasteiger partial charge in [-0.3, -0.25) is 4.79 Å². The molecule has 2 atom stereocenters. The third-order valence-electron chi connectivity index (χ3n) is 4.39. The lowest BCUT2D eigenvalue weighted by Gasteiger charge is -2.34. The first kappa shape index (κ1) is 19.2. The maximum atomic E-state index is 12.7. The smallest absolute Gasteiger partial charge is 0.344 e. The van der Waals surface area contributed by atoms with Crippen molar-refractivity contribution in [2.24, 2.45) is 0 Å². The van der Waals surface area contributed by atoms with Gasteiger partial charge in [0.05, 0.1) is 5.56 Å². The van der Waals surface area contributed by atoms with E-state index in [4.69, 9.17) is 0 Å². The summed E-state index contributed by atoms with van der Waals surface area (Å²) in [5, 5.41) is 3.35. The van der Waals surface area contributed by atoms with Gasteiger partial charge in [-0.05, 0) is 24.1 Å². The van der Waals surface area contributed by atoms with Crippen molar-refractivity contribution < 1.29 is 35.7 Å². The zero-order valence-electron chi connectivity index (χ0n) is 13.6. The van der Waals surface area contributed by atoms with Crippen LogP contribution in [-0.4, -0.2) is 34.5 Å². The summed E-state index contributed by atoms with van der Waals surface area (Å²) < 4.78 is 80.2. The molecule has 146 valence electrons. The monoisotopic (exact) mass is 393 g/mol. The molecule has 11 heteroatoms. The average Bonchev–Trinajstić information content (AvgIpc) is 3.11. The summed E-state index contributed by atoms with van der Waals surface area (Å²) >= 11 is 0. The quantitative estimate of drug-likeness (QED) is 0.587. The first-order valence-corrected chi connectivity index (χ1v) is 7.85. The van der Waals surface area contributed by atoms with E-state index >= 15 is 0 Å². The molecule has 1 aliphatic heterocycles. The van der Waals surface area contributed by atoms with Gasteiger partial charge in [-0.1, -0.05) is 17.3 Å². The third-order valence-corrected chi connectivity index (χ3v) is 4.39. The zero-order chi connectivity index (χ0) is 19.8. The van der Waals surface area contributed by atoms with Crippen LogP contribution in [0.2, 0.25) is 0 Å². The highest BCUT2D eigenvalue weighted by Crippen LogP contribution is 2.37. The Morgan fingerprint density at radius 3 is 2.15 bits per heavy atom. The fourth-order valence-electron chi connectivity index (χ4n) is 3.11. The summed E-state index contributed by atoms with van der Waals surface area (Å²) in [7, 11) is 0. The number of halogens is 6. The van der Waals surface area contributed by atoms with Crippen LogP contribution in [0.1, 0.15) is 41.1 Å². The molecule has 0 radical (unpaired) electrons. The van der Waals surface area contributed by atoms with Crippen LogP contribution in [0.25, 0.3) is 0 Å². The summed E-state index contributed by atoms with van der Waals surface area (Å²) in [6.45, 7) is 0.326. The number of carbonyl (C=O) groups is 1. The molecule has 0 saturated carbocycles. The van der Waals surface area contributed by atoms with E-state index in [0.29, 0.717) is 12.0 Å². The molecule has 5 nitrogen and oxygen atoms in total. The molecule has 0 aliphatic carbocycles. The van der Waals surface area contributed by atoms with Crippen molar-refractivity contribution in [1.29, 1.82) is 0 Å². The molecule has 1 aromatic heterocycles. The number of nitrogens with zero attached hydrogens (tertiary/aromatic N) is 3. The number of amides is 1. The molecule has 2 aromatic rings. The number of aromatic nitrogens is 2. The fourth-order valence-corrected chi connectivity index (χ4v) is 3.11. The van der Waals surface area contributed by atoms with Crippen LogP contribution in [-0.2, 0) is 17.1 Å². The van der Waals surface area contributed by atoms with E-state index in [1.54, 1.807) is 0 Å². The van der Waals surface area contributed by atoms with E-state index < -0.39 is 29.7 Å². The van der Waals surface area contributed by atoms with Crippen molar-refractivity contribution in [3.05, 3.63) is 47.1 Å². The number of rotatable bonds is 3. The Bertz CT molecular complexity index is 800. The Kier molecular flexibility index (Phi) is 4.87. The zero-order valence-corrected chi connectivity index (χ0v) is 13.6. The lowest BCUT2D eigenvalue weighted by atomic mass is 9.84. The fraction of sp³-hybridized carbons (Fsp3) is 0.438. The van der Waals surface area contributed by atoms with Crippen molar-refractivity contribution in [2.45, 2.75) is 30.6 Å². The Morgan fingerprint density at radius 1 is 1.00 bits per heavy atom. The molecule has 1 aliphatic rings. The van der Waals surface area contributed by atoms with Gasteiger partial charge in [0.15, 0.2) is 5.82 Å². The number of hydrogen-bond donors (Lipinski definition) is 0. The number of likely N-dealkylation sites (tertiary alicyclic amines) is 1. The van der Waals surface area contributed by atoms with Crippen LogP contribution in [0.5, 0.6) is 0 Å². The minimum absolute atomic E-state index is 0.0947. The van der Waals surface area contributed by atoms with Crippen molar-refractivity contribution in [1.82, 2.24) is 15.0 Å². The average molecular weight is 393 g/mol. The molecule has 2 unspecified atom stereocenters. The second-order valence-electron chi connectivity index (χ2n) is 6.26. The van der Waals surface area contributed by atoms with Crippen LogP contribution in [0.3, 0.4) is 0 Å². The van der Waals surface area contributed by atoms with Crippen molar-refractivity contribution in [3.63, 3.8) is 0 Å². The molecule has 2 heterocycles. The molecule has 0 bridgehead atoms. The summed E-state index contributed by atoms with van der Waals surface area (Å²) in [5.41, 5.74) is -0.266. The van der Waals surface area contributed by atoms with Gasteiger partial charge in [-0.25, -0.2) is 0 Å². The normalized spacial score (nSPS) is 21.3. The Labute approximate surface area is 149 Å². The maximum Gasteiger partial charge on any atom is 0.471 e. The second-order valence-corrected chi connectivity index (χ2v) is 6.26. The lowest BCUT2D eigenvalue weighted by Crippen LogP contribution is -2.38. The number of benzene rings is 1. The standard InChI is InChI=1S/C16H13F6N3O2/c17-15(18,19)12-3-1-9(2-4-12)10-5-11(7-25(6-10)8-26)13-23-14(27-24-13)16(20,21)22/h1-4,8,10-11H,5-7H2. The number of hydrogen-bond acceptors (Lipinski definition) is 4. The van der Waals surface area contributed by atoms with Crippen LogP contribution < -0.4 is 0 Å². The van der Waals surface area contributed by atoms with Gasteiger partial charge in [0.1, 0.15) is 0 Å². The Balaban J connectivity index is 1.83. The first-order chi connectivity index (χ1) is 12.6. The summed E-state index contributed by atoms with van der Waals surface area (Å²) in [5.74, 6) is -2.67. The van der Waals surface area contributed by atoms with Crippen molar-refractivity contribution in [3.8, 4) is 0 Å². The highest BCUT2D eigenvalue weighted by Gasteiger charge is 2.40. The van der Waals surface area contributed by atoms with Gasteiger partial charge in [0.25, 0.3) is 0 Å². The van der Waals surface area contributed by atoms with E-state index in [1.165, 1.54) is 17.0 Å². The predicted molar refractivity (Wildman–Crippen MR) is 78.5 cm³/mol. The molecule has 0 spiro atoms.